The molecular formula is C76H148O17P2. The van der Waals surface area contributed by atoms with Crippen molar-refractivity contribution in [2.45, 2.75) is 425 Å². The van der Waals surface area contributed by atoms with E-state index in [4.69, 9.17) is 37.0 Å². The van der Waals surface area contributed by atoms with Crippen LogP contribution >= 0.6 is 15.6 Å². The maximum Gasteiger partial charge on any atom is 0.472 e. The lowest BCUT2D eigenvalue weighted by molar-refractivity contribution is -0.161. The Morgan fingerprint density at radius 2 is 0.421 bits per heavy atom. The second-order valence-electron chi connectivity index (χ2n) is 27.4. The largest absolute Gasteiger partial charge is 0.472 e. The number of aliphatic hydroxyl groups excluding tert-OH is 1. The van der Waals surface area contributed by atoms with E-state index in [2.05, 4.69) is 27.7 Å². The number of ether oxygens (including phenoxy) is 4. The van der Waals surface area contributed by atoms with Crippen molar-refractivity contribution < 1.29 is 80.2 Å². The number of esters is 4. The van der Waals surface area contributed by atoms with Crippen LogP contribution in [0, 0.1) is 0 Å². The van der Waals surface area contributed by atoms with Crippen LogP contribution in [-0.4, -0.2) is 96.7 Å². The Kier molecular flexibility index (Phi) is 69.1. The molecule has 0 aromatic rings. The standard InChI is InChI=1S/C76H148O17P2/c1-5-9-13-17-21-24-27-29-31-33-34-35-36-37-38-40-42-44-47-51-55-59-63-76(81)93-72(67-87-74(79)61-57-53-49-46-43-41-39-32-30-28-25-22-18-14-10-6-2)69-91-95(84,85)89-65-70(77)64-88-94(82,83)90-68-71(66-86-73(78)60-56-52-48-20-16-12-8-4)92-75(80)62-58-54-50-45-26-23-19-15-11-7-3/h70-72,77H,5-69H2,1-4H3,(H,82,83)(H,84,85)/t70-,71+,72+/m0/s1. The molecule has 564 valence electrons. The molecule has 0 aromatic carbocycles. The Morgan fingerprint density at radius 3 is 0.621 bits per heavy atom. The van der Waals surface area contributed by atoms with Gasteiger partial charge in [-0.3, -0.25) is 37.3 Å². The number of rotatable bonds is 77. The normalized spacial score (nSPS) is 13.9. The van der Waals surface area contributed by atoms with Crippen molar-refractivity contribution in [1.29, 1.82) is 0 Å². The van der Waals surface area contributed by atoms with E-state index in [0.29, 0.717) is 25.7 Å². The van der Waals surface area contributed by atoms with Crippen molar-refractivity contribution in [3.8, 4) is 0 Å². The molecular weight excluding hydrogens is 1250 g/mol. The highest BCUT2D eigenvalue weighted by Gasteiger charge is 2.30. The van der Waals surface area contributed by atoms with Crippen LogP contribution in [0.2, 0.25) is 0 Å². The molecule has 0 radical (unpaired) electrons. The van der Waals surface area contributed by atoms with Gasteiger partial charge in [0, 0.05) is 25.7 Å². The molecule has 0 fully saturated rings. The summed E-state index contributed by atoms with van der Waals surface area (Å²) in [5, 5.41) is 10.6. The number of phosphoric ester groups is 2. The van der Waals surface area contributed by atoms with Crippen molar-refractivity contribution in [2.75, 3.05) is 39.6 Å². The van der Waals surface area contributed by atoms with Crippen LogP contribution in [0.3, 0.4) is 0 Å². The minimum atomic E-state index is -4.95. The molecule has 3 N–H and O–H groups in total. The van der Waals surface area contributed by atoms with Crippen LogP contribution < -0.4 is 0 Å². The van der Waals surface area contributed by atoms with Gasteiger partial charge in [-0.1, -0.05) is 355 Å². The topological polar surface area (TPSA) is 237 Å². The molecule has 17 nitrogen and oxygen atoms in total. The number of hydrogen-bond acceptors (Lipinski definition) is 15. The van der Waals surface area contributed by atoms with E-state index in [0.717, 1.165) is 103 Å². The molecule has 0 bridgehead atoms. The average Bonchev–Trinajstić information content (AvgIpc) is 1.86. The van der Waals surface area contributed by atoms with Gasteiger partial charge in [0.25, 0.3) is 0 Å². The second-order valence-corrected chi connectivity index (χ2v) is 30.3. The van der Waals surface area contributed by atoms with Gasteiger partial charge in [-0.05, 0) is 25.7 Å². The van der Waals surface area contributed by atoms with Gasteiger partial charge in [-0.2, -0.15) is 0 Å². The van der Waals surface area contributed by atoms with Gasteiger partial charge in [-0.25, -0.2) is 9.13 Å². The molecule has 0 aliphatic heterocycles. The molecule has 0 heterocycles. The number of phosphoric acid groups is 2. The predicted molar refractivity (Wildman–Crippen MR) is 386 cm³/mol. The van der Waals surface area contributed by atoms with Gasteiger partial charge < -0.3 is 33.8 Å². The predicted octanol–water partition coefficient (Wildman–Crippen LogP) is 22.6. The summed E-state index contributed by atoms with van der Waals surface area (Å²) in [4.78, 5) is 72.6. The first kappa shape index (κ1) is 93.1. The first-order valence-electron chi connectivity index (χ1n) is 39.8. The third-order valence-electron chi connectivity index (χ3n) is 17.9. The van der Waals surface area contributed by atoms with E-state index >= 15 is 0 Å². The Hall–Kier alpha value is -1.94. The van der Waals surface area contributed by atoms with E-state index in [-0.39, 0.29) is 25.7 Å². The molecule has 0 rings (SSSR count). The van der Waals surface area contributed by atoms with Gasteiger partial charge in [0.1, 0.15) is 19.3 Å². The fraction of sp³-hybridized carbons (Fsp3) is 0.947. The highest BCUT2D eigenvalue weighted by Crippen LogP contribution is 2.45. The van der Waals surface area contributed by atoms with Gasteiger partial charge in [-0.15, -0.1) is 0 Å². The molecule has 0 aromatic heterocycles. The molecule has 2 unspecified atom stereocenters. The van der Waals surface area contributed by atoms with Crippen LogP contribution in [0.4, 0.5) is 0 Å². The lowest BCUT2D eigenvalue weighted by atomic mass is 10.0. The summed E-state index contributed by atoms with van der Waals surface area (Å²) in [6.45, 7) is 4.93. The fourth-order valence-corrected chi connectivity index (χ4v) is 13.3. The molecule has 19 heteroatoms. The molecule has 0 saturated carbocycles. The first-order chi connectivity index (χ1) is 46.2. The first-order valence-corrected chi connectivity index (χ1v) is 42.8. The van der Waals surface area contributed by atoms with Crippen LogP contribution in [-0.2, 0) is 65.4 Å². The van der Waals surface area contributed by atoms with Gasteiger partial charge in [0.05, 0.1) is 26.4 Å². The zero-order valence-electron chi connectivity index (χ0n) is 61.6. The SMILES string of the molecule is CCCCCCCCCCCCCCCCCCCCCCCCC(=O)O[C@H](COC(=O)CCCCCCCCCCCCCCCCCC)COP(=O)(O)OC[C@@H](O)COP(=O)(O)OC[C@@H](COC(=O)CCCCCCCCC)OC(=O)CCCCCCCCCCCC. The number of unbranched alkanes of at least 4 members (excludes halogenated alkanes) is 51. The summed E-state index contributed by atoms with van der Waals surface area (Å²) in [5.41, 5.74) is 0. The van der Waals surface area contributed by atoms with E-state index in [1.165, 1.54) is 225 Å². The summed E-state index contributed by atoms with van der Waals surface area (Å²) in [5.74, 6) is -2.12. The summed E-state index contributed by atoms with van der Waals surface area (Å²) < 4.78 is 68.3. The van der Waals surface area contributed by atoms with Gasteiger partial charge in [0.15, 0.2) is 12.2 Å². The average molecular weight is 1400 g/mol. The lowest BCUT2D eigenvalue weighted by Crippen LogP contribution is -2.30. The fourth-order valence-electron chi connectivity index (χ4n) is 11.8. The zero-order chi connectivity index (χ0) is 69.7. The Morgan fingerprint density at radius 1 is 0.253 bits per heavy atom. The molecule has 0 saturated heterocycles. The van der Waals surface area contributed by atoms with Crippen LogP contribution in [0.15, 0.2) is 0 Å². The van der Waals surface area contributed by atoms with Crippen LogP contribution in [0.1, 0.15) is 407 Å². The monoisotopic (exact) mass is 1400 g/mol. The van der Waals surface area contributed by atoms with Crippen molar-refractivity contribution in [3.05, 3.63) is 0 Å². The number of carbonyl (C=O) groups excluding carboxylic acids is 4. The molecule has 0 spiro atoms. The van der Waals surface area contributed by atoms with E-state index in [1.54, 1.807) is 0 Å². The molecule has 0 aliphatic rings. The Labute approximate surface area is 581 Å². The van der Waals surface area contributed by atoms with E-state index in [1.807, 2.05) is 0 Å². The smallest absolute Gasteiger partial charge is 0.462 e. The third-order valence-corrected chi connectivity index (χ3v) is 19.8. The summed E-state index contributed by atoms with van der Waals surface area (Å²) in [7, 11) is -9.90. The van der Waals surface area contributed by atoms with Crippen molar-refractivity contribution in [3.63, 3.8) is 0 Å². The number of carbonyl (C=O) groups is 4. The maximum absolute atomic E-state index is 13.1. The minimum absolute atomic E-state index is 0.107. The third kappa shape index (κ3) is 70.3. The quantitative estimate of drug-likeness (QED) is 0.0222. The van der Waals surface area contributed by atoms with Crippen LogP contribution in [0.25, 0.3) is 0 Å². The van der Waals surface area contributed by atoms with E-state index < -0.39 is 97.5 Å². The summed E-state index contributed by atoms with van der Waals surface area (Å²) >= 11 is 0. The Balaban J connectivity index is 5.13. The highest BCUT2D eigenvalue weighted by atomic mass is 31.2. The van der Waals surface area contributed by atoms with Gasteiger partial charge >= 0.3 is 39.5 Å². The molecule has 95 heavy (non-hydrogen) atoms. The zero-order valence-corrected chi connectivity index (χ0v) is 63.4. The van der Waals surface area contributed by atoms with E-state index in [9.17, 15) is 43.2 Å². The van der Waals surface area contributed by atoms with Crippen LogP contribution in [0.5, 0.6) is 0 Å². The second kappa shape index (κ2) is 70.5. The summed E-state index contributed by atoms with van der Waals surface area (Å²) in [6.07, 6.45) is 61.4. The molecule has 0 aliphatic carbocycles. The molecule has 0 amide bonds. The maximum atomic E-state index is 13.1. The lowest BCUT2D eigenvalue weighted by Gasteiger charge is -2.21. The minimum Gasteiger partial charge on any atom is -0.462 e. The highest BCUT2D eigenvalue weighted by molar-refractivity contribution is 7.47. The van der Waals surface area contributed by atoms with Crippen molar-refractivity contribution in [2.24, 2.45) is 0 Å². The number of hydrogen-bond donors (Lipinski definition) is 3. The summed E-state index contributed by atoms with van der Waals surface area (Å²) in [6, 6.07) is 0. The van der Waals surface area contributed by atoms with Crippen molar-refractivity contribution >= 4 is 39.5 Å². The number of aliphatic hydroxyl groups is 1. The Bertz CT molecular complexity index is 1810. The van der Waals surface area contributed by atoms with Crippen molar-refractivity contribution in [1.82, 2.24) is 0 Å². The molecule has 5 atom stereocenters. The van der Waals surface area contributed by atoms with Gasteiger partial charge in [0.2, 0.25) is 0 Å².